The van der Waals surface area contributed by atoms with E-state index in [1.807, 2.05) is 13.8 Å². The summed E-state index contributed by atoms with van der Waals surface area (Å²) in [5.41, 5.74) is 1.05. The molecule has 0 saturated carbocycles. The normalized spacial score (nSPS) is 18.9. The molecule has 2 atom stereocenters. The van der Waals surface area contributed by atoms with Crippen molar-refractivity contribution in [2.45, 2.75) is 58.1 Å². The van der Waals surface area contributed by atoms with E-state index in [1.165, 1.54) is 7.11 Å². The van der Waals surface area contributed by atoms with E-state index in [9.17, 15) is 13.2 Å². The molecule has 0 aliphatic carbocycles. The molecular weight excluding hydrogens is 428 g/mol. The molecule has 0 radical (unpaired) electrons. The van der Waals surface area contributed by atoms with Crippen LogP contribution in [0.15, 0.2) is 58.3 Å². The summed E-state index contributed by atoms with van der Waals surface area (Å²) in [6.45, 7) is 9.12. The van der Waals surface area contributed by atoms with Gasteiger partial charge in [-0.2, -0.15) is 0 Å². The number of carbonyl (C=O) groups is 1. The zero-order valence-electron chi connectivity index (χ0n) is 19.3. The highest BCUT2D eigenvalue weighted by Crippen LogP contribution is 2.40. The van der Waals surface area contributed by atoms with Gasteiger partial charge in [-0.25, -0.2) is 8.42 Å². The summed E-state index contributed by atoms with van der Waals surface area (Å²) in [5.74, 6) is 0.302. The molecule has 1 aliphatic heterocycles. The monoisotopic (exact) mass is 458 g/mol. The summed E-state index contributed by atoms with van der Waals surface area (Å²) in [5, 5.41) is 0. The molecule has 1 aliphatic rings. The molecule has 7 heteroatoms. The van der Waals surface area contributed by atoms with E-state index in [1.54, 1.807) is 69.3 Å². The van der Waals surface area contributed by atoms with E-state index in [0.717, 1.165) is 5.56 Å². The summed E-state index contributed by atoms with van der Waals surface area (Å²) in [7, 11) is -2.19. The Hall–Kier alpha value is -2.64. The van der Waals surface area contributed by atoms with Crippen LogP contribution in [-0.2, 0) is 19.4 Å². The van der Waals surface area contributed by atoms with Gasteiger partial charge >= 0.3 is 5.97 Å². The zero-order valence-corrected chi connectivity index (χ0v) is 20.2. The van der Waals surface area contributed by atoms with Crippen molar-refractivity contribution in [1.29, 1.82) is 0 Å². The second-order valence-electron chi connectivity index (χ2n) is 8.89. The Morgan fingerprint density at radius 2 is 1.72 bits per heavy atom. The van der Waals surface area contributed by atoms with Crippen LogP contribution in [0.2, 0.25) is 0 Å². The van der Waals surface area contributed by atoms with Gasteiger partial charge in [0.1, 0.15) is 6.10 Å². The molecular formula is C25H30O6S. The maximum Gasteiger partial charge on any atom is 0.316 e. The predicted octanol–water partition coefficient (Wildman–Crippen LogP) is 5.16. The smallest absolute Gasteiger partial charge is 0.316 e. The average molecular weight is 459 g/mol. The first kappa shape index (κ1) is 24.0. The minimum atomic E-state index is -3.68. The highest BCUT2D eigenvalue weighted by Gasteiger charge is 2.36. The molecule has 2 aromatic carbocycles. The van der Waals surface area contributed by atoms with Crippen LogP contribution in [0.3, 0.4) is 0 Å². The van der Waals surface area contributed by atoms with Gasteiger partial charge in [-0.15, -0.1) is 0 Å². The second kappa shape index (κ2) is 9.08. The van der Waals surface area contributed by atoms with Crippen LogP contribution in [0.4, 0.5) is 0 Å². The van der Waals surface area contributed by atoms with Gasteiger partial charge in [-0.05, 0) is 70.0 Å². The van der Waals surface area contributed by atoms with Crippen LogP contribution in [0, 0.1) is 12.3 Å². The largest absolute Gasteiger partial charge is 0.493 e. The van der Waals surface area contributed by atoms with Gasteiger partial charge in [0.25, 0.3) is 0 Å². The Morgan fingerprint density at radius 1 is 1.06 bits per heavy atom. The molecule has 6 nitrogen and oxygen atoms in total. The first-order valence-electron chi connectivity index (χ1n) is 10.6. The second-order valence-corrected chi connectivity index (χ2v) is 10.8. The fraction of sp³-hybridized carbons (Fsp3) is 0.400. The third-order valence-electron chi connectivity index (χ3n) is 5.29. The van der Waals surface area contributed by atoms with Crippen molar-refractivity contribution in [3.05, 3.63) is 64.6 Å². The number of sulfone groups is 1. The maximum atomic E-state index is 13.3. The number of ether oxygens (including phenoxy) is 3. The van der Waals surface area contributed by atoms with E-state index in [2.05, 4.69) is 0 Å². The number of methoxy groups -OCH3 is 1. The van der Waals surface area contributed by atoms with Crippen molar-refractivity contribution in [3.8, 4) is 11.5 Å². The summed E-state index contributed by atoms with van der Waals surface area (Å²) in [6.07, 6.45) is 1.07. The van der Waals surface area contributed by atoms with E-state index < -0.39 is 27.5 Å². The topological polar surface area (TPSA) is 78.9 Å². The van der Waals surface area contributed by atoms with E-state index in [4.69, 9.17) is 14.2 Å². The number of hydrogen-bond donors (Lipinski definition) is 0. The fourth-order valence-electron chi connectivity index (χ4n) is 3.33. The van der Waals surface area contributed by atoms with Crippen LogP contribution in [0.1, 0.15) is 51.3 Å². The van der Waals surface area contributed by atoms with Gasteiger partial charge in [0, 0.05) is 0 Å². The zero-order chi connectivity index (χ0) is 23.7. The van der Waals surface area contributed by atoms with Gasteiger partial charge in [0.05, 0.1) is 28.4 Å². The van der Waals surface area contributed by atoms with Crippen molar-refractivity contribution in [2.24, 2.45) is 5.41 Å². The van der Waals surface area contributed by atoms with Crippen LogP contribution in [0.25, 0.3) is 0 Å². The van der Waals surface area contributed by atoms with Crippen molar-refractivity contribution in [3.63, 3.8) is 0 Å². The lowest BCUT2D eigenvalue weighted by atomic mass is 9.97. The summed E-state index contributed by atoms with van der Waals surface area (Å²) < 4.78 is 43.5. The average Bonchev–Trinajstić information content (AvgIpc) is 3.19. The van der Waals surface area contributed by atoms with E-state index in [0.29, 0.717) is 23.5 Å². The molecule has 0 spiro atoms. The third-order valence-corrected chi connectivity index (χ3v) is 7.20. The Labute approximate surface area is 190 Å². The standard InChI is InChI=1S/C25H30O6S/c1-7-19-23(32(27,28)18-11-8-16(2)9-12-18)15-21(30-19)17-10-13-20(22(14-17)29-6)31-24(26)25(3,4)5/h8-15,19,21H,7H2,1-6H3. The minimum absolute atomic E-state index is 0.249. The molecule has 172 valence electrons. The number of carbonyl (C=O) groups excluding carboxylic acids is 1. The molecule has 0 fully saturated rings. The molecule has 3 rings (SSSR count). The molecule has 0 aromatic heterocycles. The summed E-state index contributed by atoms with van der Waals surface area (Å²) in [4.78, 5) is 12.8. The third kappa shape index (κ3) is 4.89. The van der Waals surface area contributed by atoms with Crippen molar-refractivity contribution >= 4 is 15.8 Å². The Bertz CT molecular complexity index is 1120. The Balaban J connectivity index is 1.93. The number of rotatable bonds is 6. The van der Waals surface area contributed by atoms with Crippen LogP contribution in [0.5, 0.6) is 11.5 Å². The van der Waals surface area contributed by atoms with Crippen LogP contribution in [-0.4, -0.2) is 27.6 Å². The Morgan fingerprint density at radius 3 is 2.28 bits per heavy atom. The first-order chi connectivity index (χ1) is 15.0. The molecule has 0 saturated heterocycles. The van der Waals surface area contributed by atoms with Gasteiger partial charge in [-0.3, -0.25) is 4.79 Å². The molecule has 0 bridgehead atoms. The lowest BCUT2D eigenvalue weighted by molar-refractivity contribution is -0.143. The van der Waals surface area contributed by atoms with Gasteiger partial charge < -0.3 is 14.2 Å². The lowest BCUT2D eigenvalue weighted by Gasteiger charge is -2.19. The van der Waals surface area contributed by atoms with Crippen molar-refractivity contribution < 1.29 is 27.4 Å². The predicted molar refractivity (Wildman–Crippen MR) is 122 cm³/mol. The SMILES string of the molecule is CCC1OC(c2ccc(OC(=O)C(C)(C)C)c(OC)c2)C=C1S(=O)(=O)c1ccc(C)cc1. The summed E-state index contributed by atoms with van der Waals surface area (Å²) in [6, 6.07) is 11.9. The van der Waals surface area contributed by atoms with Crippen LogP contribution >= 0.6 is 0 Å². The number of hydrogen-bond acceptors (Lipinski definition) is 6. The molecule has 2 unspecified atom stereocenters. The number of esters is 1. The summed E-state index contributed by atoms with van der Waals surface area (Å²) >= 11 is 0. The molecule has 0 amide bonds. The molecule has 1 heterocycles. The number of aryl methyl sites for hydroxylation is 1. The van der Waals surface area contributed by atoms with Gasteiger partial charge in [0.2, 0.25) is 9.84 Å². The molecule has 2 aromatic rings. The maximum absolute atomic E-state index is 13.3. The fourth-order valence-corrected chi connectivity index (χ4v) is 4.96. The highest BCUT2D eigenvalue weighted by molar-refractivity contribution is 7.95. The highest BCUT2D eigenvalue weighted by atomic mass is 32.2. The molecule has 0 N–H and O–H groups in total. The van der Waals surface area contributed by atoms with E-state index >= 15 is 0 Å². The molecule has 32 heavy (non-hydrogen) atoms. The number of benzene rings is 2. The van der Waals surface area contributed by atoms with Gasteiger partial charge in [0.15, 0.2) is 11.5 Å². The van der Waals surface area contributed by atoms with Gasteiger partial charge in [-0.1, -0.05) is 30.7 Å². The quantitative estimate of drug-likeness (QED) is 0.439. The first-order valence-corrected chi connectivity index (χ1v) is 12.0. The van der Waals surface area contributed by atoms with E-state index in [-0.39, 0.29) is 15.8 Å². The lowest BCUT2D eigenvalue weighted by Crippen LogP contribution is -2.25. The van der Waals surface area contributed by atoms with Crippen LogP contribution < -0.4 is 9.47 Å². The Kier molecular flexibility index (Phi) is 6.81. The van der Waals surface area contributed by atoms with Crippen molar-refractivity contribution in [1.82, 2.24) is 0 Å². The van der Waals surface area contributed by atoms with Crippen molar-refractivity contribution in [2.75, 3.05) is 7.11 Å². The minimum Gasteiger partial charge on any atom is -0.493 e.